The Morgan fingerprint density at radius 3 is 2.48 bits per heavy atom. The number of nitrogens with two attached hydrogens (primary N) is 1. The number of esters is 1. The van der Waals surface area contributed by atoms with Gasteiger partial charge in [-0.2, -0.15) is 5.26 Å². The molecule has 1 heterocycles. The number of hydrogen-bond donors (Lipinski definition) is 3. The Morgan fingerprint density at radius 1 is 1.12 bits per heavy atom. The van der Waals surface area contributed by atoms with Crippen molar-refractivity contribution in [1.82, 2.24) is 4.90 Å². The monoisotopic (exact) mass is 570 g/mol. The molecule has 0 bridgehead atoms. The number of phenols is 1. The van der Waals surface area contributed by atoms with Crippen molar-refractivity contribution in [2.45, 2.75) is 38.4 Å². The molecule has 0 aromatic heterocycles. The maximum absolute atomic E-state index is 13.9. The normalized spacial score (nSPS) is 18.5. The number of aromatic hydroxyl groups is 1. The Kier molecular flexibility index (Phi) is 9.45. The SMILES string of the molecule is CCOC(=O)c1ccc(NC(=O)N([C@@H]2CC[N+](C)(Cc3cccc(C#N)c3)C2)[C@@H](Cc2ccc(O)cc2)C(N)=O)cc1. The quantitative estimate of drug-likeness (QED) is 0.250. The van der Waals surface area contributed by atoms with Crippen molar-refractivity contribution < 1.29 is 28.7 Å². The Hall–Kier alpha value is -4.88. The number of carbonyl (C=O) groups excluding carboxylic acids is 3. The fraction of sp³-hybridized carbons (Fsp3) is 0.312. The van der Waals surface area contributed by atoms with Crippen molar-refractivity contribution in [3.63, 3.8) is 0 Å². The van der Waals surface area contributed by atoms with Crippen LogP contribution in [0.25, 0.3) is 0 Å². The van der Waals surface area contributed by atoms with Crippen LogP contribution in [0.5, 0.6) is 5.75 Å². The summed E-state index contributed by atoms with van der Waals surface area (Å²) in [5.74, 6) is -0.999. The van der Waals surface area contributed by atoms with Crippen molar-refractivity contribution in [3.8, 4) is 11.8 Å². The number of nitrogens with one attached hydrogen (secondary N) is 1. The van der Waals surface area contributed by atoms with Crippen LogP contribution < -0.4 is 11.1 Å². The largest absolute Gasteiger partial charge is 0.508 e. The molecule has 4 N–H and O–H groups in total. The first-order chi connectivity index (χ1) is 20.1. The lowest BCUT2D eigenvalue weighted by Gasteiger charge is -2.36. The van der Waals surface area contributed by atoms with Crippen LogP contribution in [0.4, 0.5) is 10.5 Å². The van der Waals surface area contributed by atoms with Gasteiger partial charge in [-0.15, -0.1) is 0 Å². The van der Waals surface area contributed by atoms with Crippen LogP contribution in [0.15, 0.2) is 72.8 Å². The Morgan fingerprint density at radius 2 is 1.83 bits per heavy atom. The number of quaternary nitrogens is 1. The number of ether oxygens (including phenoxy) is 1. The molecule has 0 aliphatic carbocycles. The summed E-state index contributed by atoms with van der Waals surface area (Å²) in [7, 11) is 2.10. The van der Waals surface area contributed by atoms with E-state index in [2.05, 4.69) is 18.4 Å². The molecule has 0 radical (unpaired) electrons. The molecule has 1 aliphatic heterocycles. The topological polar surface area (TPSA) is 146 Å². The van der Waals surface area contributed by atoms with E-state index >= 15 is 0 Å². The van der Waals surface area contributed by atoms with Crippen molar-refractivity contribution >= 4 is 23.6 Å². The Labute approximate surface area is 245 Å². The number of hydrogen-bond acceptors (Lipinski definition) is 6. The zero-order valence-corrected chi connectivity index (χ0v) is 23.8. The second-order valence-corrected chi connectivity index (χ2v) is 10.9. The van der Waals surface area contributed by atoms with Crippen LogP contribution >= 0.6 is 0 Å². The number of carbonyl (C=O) groups is 3. The fourth-order valence-electron chi connectivity index (χ4n) is 5.55. The number of likely N-dealkylation sites (tertiary alicyclic amines) is 1. The van der Waals surface area contributed by atoms with Crippen LogP contribution in [0, 0.1) is 11.3 Å². The first-order valence-corrected chi connectivity index (χ1v) is 13.9. The molecule has 218 valence electrons. The minimum Gasteiger partial charge on any atom is -0.508 e. The molecule has 1 aliphatic rings. The maximum atomic E-state index is 13.9. The third-order valence-electron chi connectivity index (χ3n) is 7.58. The van der Waals surface area contributed by atoms with E-state index in [9.17, 15) is 24.8 Å². The molecule has 4 rings (SSSR count). The molecule has 3 aromatic rings. The molecule has 3 amide bonds. The number of anilines is 1. The summed E-state index contributed by atoms with van der Waals surface area (Å²) in [6.45, 7) is 3.97. The van der Waals surface area contributed by atoms with Crippen LogP contribution in [0.2, 0.25) is 0 Å². The third kappa shape index (κ3) is 7.44. The molecule has 1 unspecified atom stereocenters. The smallest absolute Gasteiger partial charge is 0.338 e. The zero-order chi connectivity index (χ0) is 30.3. The molecule has 3 atom stereocenters. The second-order valence-electron chi connectivity index (χ2n) is 10.9. The van der Waals surface area contributed by atoms with E-state index in [1.165, 1.54) is 12.1 Å². The van der Waals surface area contributed by atoms with Gasteiger partial charge in [-0.05, 0) is 61.0 Å². The number of nitrogens with zero attached hydrogens (tertiary/aromatic N) is 3. The van der Waals surface area contributed by atoms with Crippen LogP contribution in [-0.4, -0.2) is 71.2 Å². The van der Waals surface area contributed by atoms with Gasteiger partial charge in [-0.3, -0.25) is 4.79 Å². The zero-order valence-electron chi connectivity index (χ0n) is 23.8. The molecule has 0 spiro atoms. The highest BCUT2D eigenvalue weighted by atomic mass is 16.5. The Balaban J connectivity index is 1.60. The van der Waals surface area contributed by atoms with Gasteiger partial charge in [0.25, 0.3) is 0 Å². The van der Waals surface area contributed by atoms with Crippen molar-refractivity contribution in [3.05, 3.63) is 95.1 Å². The number of likely N-dealkylation sites (N-methyl/N-ethyl adjacent to an activating group) is 1. The summed E-state index contributed by atoms with van der Waals surface area (Å²) in [6.07, 6.45) is 0.818. The van der Waals surface area contributed by atoms with E-state index in [0.29, 0.717) is 40.8 Å². The van der Waals surface area contributed by atoms with Crippen molar-refractivity contribution in [2.24, 2.45) is 5.73 Å². The number of benzene rings is 3. The van der Waals surface area contributed by atoms with E-state index in [-0.39, 0.29) is 24.8 Å². The van der Waals surface area contributed by atoms with Crippen LogP contribution in [-0.2, 0) is 22.5 Å². The minimum absolute atomic E-state index is 0.0968. The highest BCUT2D eigenvalue weighted by molar-refractivity contribution is 5.95. The van der Waals surface area contributed by atoms with Gasteiger partial charge in [0, 0.05) is 24.1 Å². The maximum Gasteiger partial charge on any atom is 0.338 e. The number of nitriles is 1. The minimum atomic E-state index is -0.952. The van der Waals surface area contributed by atoms with Gasteiger partial charge in [0.15, 0.2) is 0 Å². The van der Waals surface area contributed by atoms with E-state index in [0.717, 1.165) is 17.7 Å². The second kappa shape index (κ2) is 13.2. The van der Waals surface area contributed by atoms with Gasteiger partial charge < -0.3 is 30.3 Å². The predicted molar refractivity (Wildman–Crippen MR) is 157 cm³/mol. The number of phenolic OH excluding ortho intramolecular Hbond substituents is 1. The molecular weight excluding hydrogens is 534 g/mol. The van der Waals surface area contributed by atoms with Crippen LogP contribution in [0.3, 0.4) is 0 Å². The molecule has 1 saturated heterocycles. The molecule has 10 heteroatoms. The average Bonchev–Trinajstić information content (AvgIpc) is 3.34. The lowest BCUT2D eigenvalue weighted by Crippen LogP contribution is -2.56. The lowest BCUT2D eigenvalue weighted by atomic mass is 10.0. The van der Waals surface area contributed by atoms with Crippen molar-refractivity contribution in [2.75, 3.05) is 32.1 Å². The molecule has 3 aromatic carbocycles. The van der Waals surface area contributed by atoms with E-state index in [1.807, 2.05) is 18.2 Å². The summed E-state index contributed by atoms with van der Waals surface area (Å²) in [4.78, 5) is 40.4. The fourth-order valence-corrected chi connectivity index (χ4v) is 5.55. The van der Waals surface area contributed by atoms with Crippen molar-refractivity contribution in [1.29, 1.82) is 5.26 Å². The van der Waals surface area contributed by atoms with Gasteiger partial charge in [0.2, 0.25) is 5.91 Å². The van der Waals surface area contributed by atoms with Crippen LogP contribution in [0.1, 0.15) is 40.4 Å². The summed E-state index contributed by atoms with van der Waals surface area (Å²) in [6, 6.07) is 20.7. The summed E-state index contributed by atoms with van der Waals surface area (Å²) < 4.78 is 5.65. The Bertz CT molecular complexity index is 1470. The van der Waals surface area contributed by atoms with Gasteiger partial charge in [-0.1, -0.05) is 24.3 Å². The first-order valence-electron chi connectivity index (χ1n) is 13.9. The average molecular weight is 571 g/mol. The molecule has 10 nitrogen and oxygen atoms in total. The lowest BCUT2D eigenvalue weighted by molar-refractivity contribution is -0.911. The third-order valence-corrected chi connectivity index (χ3v) is 7.58. The first kappa shape index (κ1) is 30.1. The number of amides is 3. The van der Waals surface area contributed by atoms with Gasteiger partial charge in [0.1, 0.15) is 18.3 Å². The molecule has 1 fully saturated rings. The highest BCUT2D eigenvalue weighted by Gasteiger charge is 2.43. The summed E-state index contributed by atoms with van der Waals surface area (Å²) in [5, 5.41) is 21.9. The van der Waals surface area contributed by atoms with Gasteiger partial charge >= 0.3 is 12.0 Å². The number of rotatable bonds is 10. The van der Waals surface area contributed by atoms with E-state index in [1.54, 1.807) is 54.3 Å². The predicted octanol–water partition coefficient (Wildman–Crippen LogP) is 3.79. The number of urea groups is 1. The molecular formula is C32H36N5O5+. The molecule has 0 saturated carbocycles. The van der Waals surface area contributed by atoms with E-state index in [4.69, 9.17) is 10.5 Å². The van der Waals surface area contributed by atoms with Gasteiger partial charge in [0.05, 0.1) is 50.0 Å². The van der Waals surface area contributed by atoms with E-state index < -0.39 is 23.9 Å². The summed E-state index contributed by atoms with van der Waals surface area (Å²) in [5.41, 5.74) is 9.09. The van der Waals surface area contributed by atoms with Gasteiger partial charge in [-0.25, -0.2) is 9.59 Å². The number of primary amides is 1. The standard InChI is InChI=1S/C32H35N5O5/c1-3-42-31(40)25-9-11-26(12-10-25)35-32(41)36(29(30(34)39)18-22-7-13-28(38)14-8-22)27-15-16-37(2,21-27)20-24-6-4-5-23(17-24)19-33/h4-14,17,27,29H,3,15-16,18,20-21H2,1-2H3,(H3-,34,35,38,39,40,41)/p+1/t27-,29+,37?/m1/s1. The summed E-state index contributed by atoms with van der Waals surface area (Å²) >= 11 is 0. The highest BCUT2D eigenvalue weighted by Crippen LogP contribution is 2.28. The molecule has 42 heavy (non-hydrogen) atoms.